The lowest BCUT2D eigenvalue weighted by atomic mass is 10.00. The van der Waals surface area contributed by atoms with Crippen molar-refractivity contribution in [2.24, 2.45) is 0 Å². The van der Waals surface area contributed by atoms with Crippen LogP contribution in [0.1, 0.15) is 46.0 Å². The van der Waals surface area contributed by atoms with Crippen LogP contribution in [0.15, 0.2) is 82.0 Å². The van der Waals surface area contributed by atoms with Crippen molar-refractivity contribution in [3.63, 3.8) is 0 Å². The number of nitrogens with one attached hydrogen (secondary N) is 2. The first kappa shape index (κ1) is 43.0. The molecule has 1 saturated heterocycles. The Morgan fingerprint density at radius 3 is 2.28 bits per heavy atom. The Labute approximate surface area is 354 Å². The molecule has 1 fully saturated rings. The van der Waals surface area contributed by atoms with Gasteiger partial charge in [0, 0.05) is 41.9 Å². The molecule has 7 rings (SSSR count). The number of aryl methyl sites for hydroxylation is 1. The molecule has 0 saturated carbocycles. The number of carbonyl (C=O) groups is 4. The molecule has 2 aliphatic heterocycles. The lowest BCUT2D eigenvalue weighted by Crippen LogP contribution is -2.54. The summed E-state index contributed by atoms with van der Waals surface area (Å²) in [5, 5.41) is 6.14. The molecule has 4 amide bonds. The molecule has 14 nitrogen and oxygen atoms in total. The number of benzene rings is 4. The fourth-order valence-electron chi connectivity index (χ4n) is 7.16. The number of ether oxygens (including phenoxy) is 5. The van der Waals surface area contributed by atoms with Gasteiger partial charge in [0.05, 0.1) is 67.8 Å². The van der Waals surface area contributed by atoms with Crippen LogP contribution in [0.25, 0.3) is 33.4 Å². The minimum atomic E-state index is -1.06. The minimum Gasteiger partial charge on any atom is -0.493 e. The van der Waals surface area contributed by atoms with Crippen LogP contribution in [0.4, 0.5) is 10.1 Å². The van der Waals surface area contributed by atoms with E-state index in [1.165, 1.54) is 24.3 Å². The summed E-state index contributed by atoms with van der Waals surface area (Å²) in [6.45, 7) is 6.54. The molecular formula is C45H43ClFN3O11. The fourth-order valence-corrected chi connectivity index (χ4v) is 7.43. The number of fused-ring (bicyclic) bond motifs is 2. The normalized spacial score (nSPS) is 15.0. The first-order valence-corrected chi connectivity index (χ1v) is 20.2. The maximum absolute atomic E-state index is 14.3. The van der Waals surface area contributed by atoms with Crippen molar-refractivity contribution in [1.82, 2.24) is 10.2 Å². The zero-order valence-electron chi connectivity index (χ0n) is 33.5. The van der Waals surface area contributed by atoms with E-state index in [0.29, 0.717) is 90.4 Å². The third kappa shape index (κ3) is 9.92. The summed E-state index contributed by atoms with van der Waals surface area (Å²) >= 11 is 6.66. The largest absolute Gasteiger partial charge is 0.493 e. The van der Waals surface area contributed by atoms with Crippen LogP contribution in [0, 0.1) is 12.7 Å². The van der Waals surface area contributed by atoms with Crippen LogP contribution in [0.2, 0.25) is 5.02 Å². The number of piperidine rings is 1. The quantitative estimate of drug-likeness (QED) is 0.0678. The van der Waals surface area contributed by atoms with Gasteiger partial charge >= 0.3 is 0 Å². The van der Waals surface area contributed by atoms with E-state index in [1.807, 2.05) is 19.1 Å². The van der Waals surface area contributed by atoms with Crippen LogP contribution in [0.5, 0.6) is 11.5 Å². The number of anilines is 1. The molecule has 318 valence electrons. The zero-order valence-corrected chi connectivity index (χ0v) is 34.2. The molecule has 0 aliphatic carbocycles. The van der Waals surface area contributed by atoms with Gasteiger partial charge in [-0.05, 0) is 79.9 Å². The lowest BCUT2D eigenvalue weighted by Gasteiger charge is -2.27. The van der Waals surface area contributed by atoms with Crippen molar-refractivity contribution in [2.75, 3.05) is 64.7 Å². The van der Waals surface area contributed by atoms with Crippen molar-refractivity contribution >= 4 is 51.9 Å². The molecule has 2 N–H and O–H groups in total. The first-order valence-electron chi connectivity index (χ1n) is 19.8. The predicted octanol–water partition coefficient (Wildman–Crippen LogP) is 6.57. The molecule has 5 aromatic rings. The summed E-state index contributed by atoms with van der Waals surface area (Å²) in [7, 11) is 0. The number of halogens is 2. The monoisotopic (exact) mass is 855 g/mol. The summed E-state index contributed by atoms with van der Waals surface area (Å²) in [4.78, 5) is 64.3. The lowest BCUT2D eigenvalue weighted by molar-refractivity contribution is -0.136. The Balaban J connectivity index is 0.802. The standard InChI is InChI=1S/C45H43ClFN3O11/c1-3-59-38-25-40-33(23-32(38)27-19-26(2)20-28(47)21-27)36(51)24-39(61-40)30-8-7-29(22-34(30)46)48-11-12-56-13-14-57-15-16-58-17-18-60-37-6-4-5-31-42(37)45(55)50(44(31)54)35-9-10-41(52)49-43(35)53/h4-8,19-25,35,48H,3,9-18H2,1-2H3,(H,49,52,53). The fraction of sp³-hybridized carbons (Fsp3) is 0.311. The molecule has 4 aromatic carbocycles. The number of hydrogen-bond donors (Lipinski definition) is 2. The van der Waals surface area contributed by atoms with E-state index in [4.69, 9.17) is 39.7 Å². The van der Waals surface area contributed by atoms with Crippen LogP contribution in [-0.4, -0.2) is 94.0 Å². The number of nitrogens with zero attached hydrogens (tertiary/aromatic N) is 1. The zero-order chi connectivity index (χ0) is 43.0. The van der Waals surface area contributed by atoms with E-state index in [2.05, 4.69) is 10.6 Å². The highest BCUT2D eigenvalue weighted by Crippen LogP contribution is 2.38. The molecule has 1 unspecified atom stereocenters. The van der Waals surface area contributed by atoms with Gasteiger partial charge < -0.3 is 33.4 Å². The first-order chi connectivity index (χ1) is 29.5. The average molecular weight is 856 g/mol. The van der Waals surface area contributed by atoms with E-state index in [0.717, 1.165) is 16.2 Å². The van der Waals surface area contributed by atoms with Crippen molar-refractivity contribution in [3.8, 4) is 33.9 Å². The van der Waals surface area contributed by atoms with Crippen LogP contribution in [-0.2, 0) is 23.8 Å². The summed E-state index contributed by atoms with van der Waals surface area (Å²) in [5.41, 5.74) is 3.47. The molecule has 1 aromatic heterocycles. The number of hydrogen-bond acceptors (Lipinski definition) is 12. The number of carbonyl (C=O) groups excluding carboxylic acids is 4. The Bertz CT molecular complexity index is 2520. The van der Waals surface area contributed by atoms with Gasteiger partial charge in [-0.15, -0.1) is 0 Å². The Morgan fingerprint density at radius 1 is 0.803 bits per heavy atom. The smallest absolute Gasteiger partial charge is 0.266 e. The maximum Gasteiger partial charge on any atom is 0.266 e. The molecule has 2 aliphatic rings. The van der Waals surface area contributed by atoms with Gasteiger partial charge in [0.1, 0.15) is 41.3 Å². The topological polar surface area (TPSA) is 172 Å². The van der Waals surface area contributed by atoms with Crippen molar-refractivity contribution < 1.29 is 51.7 Å². The van der Waals surface area contributed by atoms with Gasteiger partial charge in [-0.2, -0.15) is 0 Å². The van der Waals surface area contributed by atoms with E-state index < -0.39 is 29.7 Å². The number of amides is 4. The summed E-state index contributed by atoms with van der Waals surface area (Å²) in [5.74, 6) is -1.78. The SMILES string of the molecule is CCOc1cc2oc(-c3ccc(NCCOCCOCCOCCOc4cccc5c4C(=O)N(C4CCC(=O)NC4=O)C5=O)cc3Cl)cc(=O)c2cc1-c1cc(C)cc(F)c1. The molecule has 0 spiro atoms. The van der Waals surface area contributed by atoms with Gasteiger partial charge in [0.15, 0.2) is 5.43 Å². The van der Waals surface area contributed by atoms with Crippen molar-refractivity contribution in [3.05, 3.63) is 111 Å². The Kier molecular flexibility index (Phi) is 13.7. The van der Waals surface area contributed by atoms with Gasteiger partial charge in [-0.25, -0.2) is 4.39 Å². The van der Waals surface area contributed by atoms with Crippen molar-refractivity contribution in [2.45, 2.75) is 32.7 Å². The van der Waals surface area contributed by atoms with Gasteiger partial charge in [0.2, 0.25) is 11.8 Å². The second-order valence-corrected chi connectivity index (χ2v) is 14.6. The Hall–Kier alpha value is -6.13. The van der Waals surface area contributed by atoms with Crippen molar-refractivity contribution in [1.29, 1.82) is 0 Å². The van der Waals surface area contributed by atoms with E-state index in [9.17, 15) is 28.4 Å². The number of imide groups is 2. The summed E-state index contributed by atoms with van der Waals surface area (Å²) in [6, 6.07) is 18.3. The highest BCUT2D eigenvalue weighted by atomic mass is 35.5. The average Bonchev–Trinajstić information content (AvgIpc) is 3.48. The van der Waals surface area contributed by atoms with E-state index in [1.54, 1.807) is 43.3 Å². The molecule has 0 bridgehead atoms. The molecular weight excluding hydrogens is 813 g/mol. The van der Waals surface area contributed by atoms with Gasteiger partial charge in [-0.3, -0.25) is 34.2 Å². The third-order valence-electron chi connectivity index (χ3n) is 9.95. The maximum atomic E-state index is 14.3. The van der Waals surface area contributed by atoms with Gasteiger partial charge in [0.25, 0.3) is 11.8 Å². The molecule has 3 heterocycles. The van der Waals surface area contributed by atoms with Gasteiger partial charge in [-0.1, -0.05) is 23.7 Å². The third-order valence-corrected chi connectivity index (χ3v) is 10.3. The highest BCUT2D eigenvalue weighted by Gasteiger charge is 2.46. The number of rotatable bonds is 19. The summed E-state index contributed by atoms with van der Waals surface area (Å²) in [6.07, 6.45) is 0.104. The van der Waals surface area contributed by atoms with Crippen LogP contribution in [0.3, 0.4) is 0 Å². The minimum absolute atomic E-state index is 0.0357. The molecule has 16 heteroatoms. The van der Waals surface area contributed by atoms with Crippen LogP contribution < -0.4 is 25.5 Å². The predicted molar refractivity (Wildman–Crippen MR) is 224 cm³/mol. The van der Waals surface area contributed by atoms with Crippen LogP contribution >= 0.6 is 11.6 Å². The van der Waals surface area contributed by atoms with E-state index >= 15 is 0 Å². The van der Waals surface area contributed by atoms with E-state index in [-0.39, 0.29) is 54.2 Å². The molecule has 0 radical (unpaired) electrons. The second kappa shape index (κ2) is 19.5. The molecule has 1 atom stereocenters. The Morgan fingerprint density at radius 2 is 1.56 bits per heavy atom. The second-order valence-electron chi connectivity index (χ2n) is 14.2. The molecule has 61 heavy (non-hydrogen) atoms. The highest BCUT2D eigenvalue weighted by molar-refractivity contribution is 6.33. The summed E-state index contributed by atoms with van der Waals surface area (Å²) < 4.78 is 48.9.